The van der Waals surface area contributed by atoms with Crippen molar-refractivity contribution in [3.63, 3.8) is 0 Å². The molecule has 0 amide bonds. The Morgan fingerprint density at radius 1 is 1.30 bits per heavy atom. The highest BCUT2D eigenvalue weighted by Gasteiger charge is 2.08. The topological polar surface area (TPSA) is 37.8 Å². The number of nitrogens with zero attached hydrogens (tertiary/aromatic N) is 2. The first kappa shape index (κ1) is 15.8. The van der Waals surface area contributed by atoms with E-state index in [1.165, 1.54) is 0 Å². The second-order valence-corrected chi connectivity index (χ2v) is 6.33. The lowest BCUT2D eigenvalue weighted by Crippen LogP contribution is -2.07. The molecule has 0 bridgehead atoms. The van der Waals surface area contributed by atoms with Gasteiger partial charge in [0, 0.05) is 29.2 Å². The summed E-state index contributed by atoms with van der Waals surface area (Å²) in [5.41, 5.74) is 0.971. The Morgan fingerprint density at radius 2 is 2.10 bits per heavy atom. The van der Waals surface area contributed by atoms with Crippen LogP contribution < -0.4 is 5.32 Å². The number of nitrogens with one attached hydrogen (secondary N) is 1. The van der Waals surface area contributed by atoms with Crippen molar-refractivity contribution in [2.24, 2.45) is 0 Å². The molecule has 0 saturated heterocycles. The lowest BCUT2D eigenvalue weighted by Gasteiger charge is -2.09. The molecular formula is C14H14Cl2IN3. The molecule has 0 atom stereocenters. The molecule has 1 aromatic carbocycles. The Balaban J connectivity index is 2.20. The van der Waals surface area contributed by atoms with Crippen LogP contribution in [-0.4, -0.2) is 16.5 Å². The molecule has 1 N–H and O–H groups in total. The first-order valence-corrected chi connectivity index (χ1v) is 8.13. The molecule has 0 aliphatic heterocycles. The van der Waals surface area contributed by atoms with Gasteiger partial charge in [-0.15, -0.1) is 0 Å². The molecule has 0 aliphatic carbocycles. The molecule has 0 radical (unpaired) electrons. The summed E-state index contributed by atoms with van der Waals surface area (Å²) in [5, 5.41) is 4.57. The van der Waals surface area contributed by atoms with Gasteiger partial charge in [-0.2, -0.15) is 0 Å². The van der Waals surface area contributed by atoms with Crippen molar-refractivity contribution in [2.45, 2.75) is 19.8 Å². The SMILES string of the molecule is CCCNc1nc(Cc2ccc(Cl)cc2Cl)ncc1I. The van der Waals surface area contributed by atoms with E-state index >= 15 is 0 Å². The van der Waals surface area contributed by atoms with Crippen molar-refractivity contribution in [2.75, 3.05) is 11.9 Å². The molecule has 106 valence electrons. The van der Waals surface area contributed by atoms with Gasteiger partial charge in [-0.3, -0.25) is 0 Å². The van der Waals surface area contributed by atoms with Gasteiger partial charge in [0.15, 0.2) is 0 Å². The van der Waals surface area contributed by atoms with E-state index in [1.54, 1.807) is 6.07 Å². The average molecular weight is 422 g/mol. The van der Waals surface area contributed by atoms with E-state index in [0.717, 1.165) is 33.7 Å². The molecule has 6 heteroatoms. The summed E-state index contributed by atoms with van der Waals surface area (Å²) in [4.78, 5) is 8.90. The maximum Gasteiger partial charge on any atom is 0.143 e. The second-order valence-electron chi connectivity index (χ2n) is 4.32. The Morgan fingerprint density at radius 3 is 2.80 bits per heavy atom. The maximum atomic E-state index is 6.18. The summed E-state index contributed by atoms with van der Waals surface area (Å²) in [5.74, 6) is 1.62. The number of hydrogen-bond acceptors (Lipinski definition) is 3. The minimum absolute atomic E-state index is 0.591. The van der Waals surface area contributed by atoms with E-state index in [4.69, 9.17) is 23.2 Å². The van der Waals surface area contributed by atoms with Gasteiger partial charge < -0.3 is 5.32 Å². The van der Waals surface area contributed by atoms with Gasteiger partial charge in [-0.25, -0.2) is 9.97 Å². The van der Waals surface area contributed by atoms with Crippen LogP contribution in [0.3, 0.4) is 0 Å². The average Bonchev–Trinajstić information content (AvgIpc) is 2.42. The molecule has 0 aliphatic rings. The van der Waals surface area contributed by atoms with Crippen LogP contribution in [0.2, 0.25) is 10.0 Å². The van der Waals surface area contributed by atoms with Gasteiger partial charge in [0.1, 0.15) is 11.6 Å². The number of halogens is 3. The molecule has 0 saturated carbocycles. The van der Waals surface area contributed by atoms with Crippen LogP contribution in [-0.2, 0) is 6.42 Å². The van der Waals surface area contributed by atoms with Crippen molar-refractivity contribution < 1.29 is 0 Å². The van der Waals surface area contributed by atoms with Crippen LogP contribution in [0.5, 0.6) is 0 Å². The number of aromatic nitrogens is 2. The minimum atomic E-state index is 0.591. The molecule has 0 unspecified atom stereocenters. The van der Waals surface area contributed by atoms with Crippen LogP contribution in [0.4, 0.5) is 5.82 Å². The van der Waals surface area contributed by atoms with Gasteiger partial charge in [0.2, 0.25) is 0 Å². The predicted molar refractivity (Wildman–Crippen MR) is 92.8 cm³/mol. The van der Waals surface area contributed by atoms with Crippen molar-refractivity contribution in [1.29, 1.82) is 0 Å². The fourth-order valence-corrected chi connectivity index (χ4v) is 2.62. The first-order valence-electron chi connectivity index (χ1n) is 6.29. The fourth-order valence-electron chi connectivity index (χ4n) is 1.69. The Labute approximate surface area is 142 Å². The third kappa shape index (κ3) is 4.20. The Hall–Kier alpha value is -0.590. The van der Waals surface area contributed by atoms with Gasteiger partial charge >= 0.3 is 0 Å². The van der Waals surface area contributed by atoms with Gasteiger partial charge in [-0.05, 0) is 46.7 Å². The molecule has 1 aromatic heterocycles. The summed E-state index contributed by atoms with van der Waals surface area (Å²) in [7, 11) is 0. The molecular weight excluding hydrogens is 408 g/mol. The van der Waals surface area contributed by atoms with Crippen molar-refractivity contribution in [1.82, 2.24) is 9.97 Å². The smallest absolute Gasteiger partial charge is 0.143 e. The van der Waals surface area contributed by atoms with E-state index in [1.807, 2.05) is 18.3 Å². The largest absolute Gasteiger partial charge is 0.369 e. The zero-order valence-corrected chi connectivity index (χ0v) is 14.6. The van der Waals surface area contributed by atoms with E-state index in [0.29, 0.717) is 16.5 Å². The van der Waals surface area contributed by atoms with Crippen LogP contribution >= 0.6 is 45.8 Å². The van der Waals surface area contributed by atoms with E-state index in [2.05, 4.69) is 44.8 Å². The maximum absolute atomic E-state index is 6.18. The molecule has 20 heavy (non-hydrogen) atoms. The highest BCUT2D eigenvalue weighted by Crippen LogP contribution is 2.23. The van der Waals surface area contributed by atoms with E-state index < -0.39 is 0 Å². The van der Waals surface area contributed by atoms with Gasteiger partial charge in [0.05, 0.1) is 3.57 Å². The summed E-state index contributed by atoms with van der Waals surface area (Å²) >= 11 is 14.3. The summed E-state index contributed by atoms with van der Waals surface area (Å²) in [6.07, 6.45) is 3.47. The monoisotopic (exact) mass is 421 g/mol. The third-order valence-corrected chi connectivity index (χ3v) is 4.08. The standard InChI is InChI=1S/C14H14Cl2IN3/c1-2-5-18-14-12(17)8-19-13(20-14)6-9-3-4-10(15)7-11(9)16/h3-4,7-8H,2,5-6H2,1H3,(H,18,19,20). The quantitative estimate of drug-likeness (QED) is 0.704. The molecule has 2 rings (SSSR count). The van der Waals surface area contributed by atoms with E-state index in [9.17, 15) is 0 Å². The normalized spacial score (nSPS) is 10.6. The molecule has 2 aromatic rings. The number of benzene rings is 1. The second kappa shape index (κ2) is 7.43. The summed E-state index contributed by atoms with van der Waals surface area (Å²) < 4.78 is 1.02. The molecule has 0 fully saturated rings. The fraction of sp³-hybridized carbons (Fsp3) is 0.286. The van der Waals surface area contributed by atoms with Crippen molar-refractivity contribution in [3.8, 4) is 0 Å². The van der Waals surface area contributed by atoms with Gasteiger partial charge in [0.25, 0.3) is 0 Å². The number of rotatable bonds is 5. The zero-order valence-electron chi connectivity index (χ0n) is 11.0. The molecule has 0 spiro atoms. The lowest BCUT2D eigenvalue weighted by molar-refractivity contribution is 0.926. The molecule has 3 nitrogen and oxygen atoms in total. The third-order valence-electron chi connectivity index (χ3n) is 2.70. The van der Waals surface area contributed by atoms with Gasteiger partial charge in [-0.1, -0.05) is 36.2 Å². The predicted octanol–water partition coefficient (Wildman–Crippen LogP) is 4.80. The first-order chi connectivity index (χ1) is 9.60. The minimum Gasteiger partial charge on any atom is -0.369 e. The van der Waals surface area contributed by atoms with Crippen molar-refractivity contribution in [3.05, 3.63) is 49.4 Å². The van der Waals surface area contributed by atoms with E-state index in [-0.39, 0.29) is 0 Å². The van der Waals surface area contributed by atoms with Crippen molar-refractivity contribution >= 4 is 51.6 Å². The van der Waals surface area contributed by atoms with Crippen LogP contribution in [0.1, 0.15) is 24.7 Å². The highest BCUT2D eigenvalue weighted by atomic mass is 127. The number of hydrogen-bond donors (Lipinski definition) is 1. The molecule has 1 heterocycles. The lowest BCUT2D eigenvalue weighted by atomic mass is 10.1. The Bertz CT molecular complexity index is 605. The van der Waals surface area contributed by atoms with Crippen LogP contribution in [0, 0.1) is 3.57 Å². The summed E-state index contributed by atoms with van der Waals surface area (Å²) in [6, 6.07) is 5.47. The summed E-state index contributed by atoms with van der Waals surface area (Å²) in [6.45, 7) is 3.02. The van der Waals surface area contributed by atoms with Crippen LogP contribution in [0.25, 0.3) is 0 Å². The Kier molecular flexibility index (Phi) is 5.86. The highest BCUT2D eigenvalue weighted by molar-refractivity contribution is 14.1. The van der Waals surface area contributed by atoms with Crippen LogP contribution in [0.15, 0.2) is 24.4 Å². The number of anilines is 1. The zero-order chi connectivity index (χ0) is 14.5.